The van der Waals surface area contributed by atoms with Gasteiger partial charge in [-0.2, -0.15) is 0 Å². The van der Waals surface area contributed by atoms with Crippen LogP contribution in [0.5, 0.6) is 0 Å². The van der Waals surface area contributed by atoms with E-state index in [1.165, 1.54) is 18.4 Å². The number of nitrogens with zero attached hydrogens (tertiary/aromatic N) is 1. The summed E-state index contributed by atoms with van der Waals surface area (Å²) >= 11 is 0. The molecule has 1 aliphatic carbocycles. The number of carbonyl (C=O) groups is 3. The number of rotatable bonds is 11. The van der Waals surface area contributed by atoms with Crippen molar-refractivity contribution in [2.45, 2.75) is 77.7 Å². The largest absolute Gasteiger partial charge is 0.345 e. The van der Waals surface area contributed by atoms with Crippen LogP contribution >= 0.6 is 0 Å². The Morgan fingerprint density at radius 3 is 2.37 bits per heavy atom. The first-order chi connectivity index (χ1) is 17.0. The number of hydrogen-bond acceptors (Lipinski definition) is 3. The minimum absolute atomic E-state index is 0.0422. The van der Waals surface area contributed by atoms with Crippen LogP contribution in [0, 0.1) is 6.92 Å². The van der Waals surface area contributed by atoms with Gasteiger partial charge in [-0.05, 0) is 68.0 Å². The molecule has 35 heavy (non-hydrogen) atoms. The molecule has 0 unspecified atom stereocenters. The van der Waals surface area contributed by atoms with E-state index in [4.69, 9.17) is 0 Å². The van der Waals surface area contributed by atoms with Crippen LogP contribution in [0.2, 0.25) is 0 Å². The van der Waals surface area contributed by atoms with Gasteiger partial charge in [0.25, 0.3) is 5.91 Å². The fourth-order valence-electron chi connectivity index (χ4n) is 4.64. The van der Waals surface area contributed by atoms with Gasteiger partial charge in [0, 0.05) is 17.3 Å². The summed E-state index contributed by atoms with van der Waals surface area (Å²) in [5, 5.41) is 5.48. The lowest BCUT2D eigenvalue weighted by atomic mass is 9.93. The smallest absolute Gasteiger partial charge is 0.254 e. The Morgan fingerprint density at radius 2 is 1.69 bits per heavy atom. The van der Waals surface area contributed by atoms with Crippen LogP contribution in [-0.2, 0) is 16.0 Å². The summed E-state index contributed by atoms with van der Waals surface area (Å²) in [4.78, 5) is 40.2. The third-order valence-corrected chi connectivity index (χ3v) is 6.61. The second-order valence-electron chi connectivity index (χ2n) is 9.57. The van der Waals surface area contributed by atoms with Gasteiger partial charge >= 0.3 is 0 Å². The van der Waals surface area contributed by atoms with Gasteiger partial charge in [-0.3, -0.25) is 14.4 Å². The first-order valence-electron chi connectivity index (χ1n) is 13.0. The molecule has 0 radical (unpaired) electrons. The Balaban J connectivity index is 1.59. The molecule has 2 N–H and O–H groups in total. The Kier molecular flexibility index (Phi) is 10.3. The van der Waals surface area contributed by atoms with Crippen molar-refractivity contribution in [2.75, 3.05) is 18.4 Å². The highest BCUT2D eigenvalue weighted by atomic mass is 16.2. The van der Waals surface area contributed by atoms with Crippen LogP contribution in [0.25, 0.3) is 0 Å². The molecule has 1 aliphatic rings. The predicted molar refractivity (Wildman–Crippen MR) is 140 cm³/mol. The average molecular weight is 478 g/mol. The molecular weight excluding hydrogens is 438 g/mol. The number of aryl methyl sites for hydroxylation is 2. The lowest BCUT2D eigenvalue weighted by Gasteiger charge is -2.34. The summed E-state index contributed by atoms with van der Waals surface area (Å²) in [6, 6.07) is 15.4. The highest BCUT2D eigenvalue weighted by molar-refractivity contribution is 5.98. The van der Waals surface area contributed by atoms with E-state index in [0.29, 0.717) is 11.3 Å². The molecule has 0 saturated heterocycles. The molecule has 3 amide bonds. The molecule has 1 saturated carbocycles. The van der Waals surface area contributed by atoms with Gasteiger partial charge in [-0.25, -0.2) is 0 Å². The molecule has 3 rings (SSSR count). The zero-order valence-electron chi connectivity index (χ0n) is 21.1. The van der Waals surface area contributed by atoms with Crippen molar-refractivity contribution in [1.82, 2.24) is 10.2 Å². The average Bonchev–Trinajstić information content (AvgIpc) is 2.87. The van der Waals surface area contributed by atoms with Crippen molar-refractivity contribution < 1.29 is 14.4 Å². The highest BCUT2D eigenvalue weighted by Gasteiger charge is 2.28. The number of anilines is 1. The number of nitrogens with one attached hydrogen (secondary N) is 2. The molecule has 0 spiro atoms. The zero-order chi connectivity index (χ0) is 25.0. The maximum absolute atomic E-state index is 13.4. The van der Waals surface area contributed by atoms with Crippen molar-refractivity contribution in [3.05, 3.63) is 65.2 Å². The van der Waals surface area contributed by atoms with Crippen LogP contribution in [-0.4, -0.2) is 41.8 Å². The van der Waals surface area contributed by atoms with Crippen molar-refractivity contribution in [3.63, 3.8) is 0 Å². The Hall–Kier alpha value is -3.15. The second kappa shape index (κ2) is 13.7. The molecule has 1 fully saturated rings. The van der Waals surface area contributed by atoms with Gasteiger partial charge in [0.2, 0.25) is 11.8 Å². The SMILES string of the molecule is CCCCCc1ccc(C(=O)N(CC(=O)NCC(=O)Nc2cccc(C)c2)C2CCCCC2)cc1. The molecular formula is C29H39N3O3. The van der Waals surface area contributed by atoms with Crippen molar-refractivity contribution in [2.24, 2.45) is 0 Å². The Labute approximate surface area is 209 Å². The van der Waals surface area contributed by atoms with E-state index >= 15 is 0 Å². The van der Waals surface area contributed by atoms with Crippen molar-refractivity contribution >= 4 is 23.4 Å². The summed E-state index contributed by atoms with van der Waals surface area (Å²) in [5.41, 5.74) is 3.58. The maximum Gasteiger partial charge on any atom is 0.254 e. The maximum atomic E-state index is 13.4. The zero-order valence-corrected chi connectivity index (χ0v) is 21.1. The highest BCUT2D eigenvalue weighted by Crippen LogP contribution is 2.24. The summed E-state index contributed by atoms with van der Waals surface area (Å²) < 4.78 is 0. The van der Waals surface area contributed by atoms with E-state index < -0.39 is 0 Å². The minimum atomic E-state index is -0.320. The number of carbonyl (C=O) groups excluding carboxylic acids is 3. The number of hydrogen-bond donors (Lipinski definition) is 2. The molecule has 0 aliphatic heterocycles. The summed E-state index contributed by atoms with van der Waals surface area (Å²) in [6.07, 6.45) is 9.64. The van der Waals surface area contributed by atoms with Crippen LogP contribution < -0.4 is 10.6 Å². The molecule has 2 aromatic rings. The van der Waals surface area contributed by atoms with Gasteiger partial charge in [0.1, 0.15) is 6.54 Å². The van der Waals surface area contributed by atoms with E-state index in [-0.39, 0.29) is 36.9 Å². The number of amides is 3. The van der Waals surface area contributed by atoms with Crippen molar-refractivity contribution in [3.8, 4) is 0 Å². The normalized spacial score (nSPS) is 13.8. The molecule has 0 atom stereocenters. The summed E-state index contributed by atoms with van der Waals surface area (Å²) in [6.45, 7) is 3.97. The van der Waals surface area contributed by atoms with Crippen LogP contribution in [0.4, 0.5) is 5.69 Å². The van der Waals surface area contributed by atoms with Crippen molar-refractivity contribution in [1.29, 1.82) is 0 Å². The van der Waals surface area contributed by atoms with Gasteiger partial charge in [-0.15, -0.1) is 0 Å². The third-order valence-electron chi connectivity index (χ3n) is 6.61. The van der Waals surface area contributed by atoms with E-state index in [1.807, 2.05) is 55.5 Å². The monoisotopic (exact) mass is 477 g/mol. The molecule has 2 aromatic carbocycles. The molecule has 6 heteroatoms. The topological polar surface area (TPSA) is 78.5 Å². The lowest BCUT2D eigenvalue weighted by molar-refractivity contribution is -0.125. The van der Waals surface area contributed by atoms with E-state index in [1.54, 1.807) is 4.90 Å². The quantitative estimate of drug-likeness (QED) is 0.434. The number of benzene rings is 2. The second-order valence-corrected chi connectivity index (χ2v) is 9.57. The molecule has 0 bridgehead atoms. The van der Waals surface area contributed by atoms with E-state index in [9.17, 15) is 14.4 Å². The van der Waals surface area contributed by atoms with E-state index in [2.05, 4.69) is 17.6 Å². The fourth-order valence-corrected chi connectivity index (χ4v) is 4.64. The molecule has 0 aromatic heterocycles. The first-order valence-corrected chi connectivity index (χ1v) is 13.0. The summed E-state index contributed by atoms with van der Waals surface area (Å²) in [7, 11) is 0. The van der Waals surface area contributed by atoms with Gasteiger partial charge < -0.3 is 15.5 Å². The molecule has 6 nitrogen and oxygen atoms in total. The standard InChI is InChI=1S/C29H39N3O3/c1-3-4-6-11-23-15-17-24(18-16-23)29(35)32(26-13-7-5-8-14-26)21-28(34)30-20-27(33)31-25-12-9-10-22(2)19-25/h9-10,12,15-19,26H,3-8,11,13-14,20-21H2,1-2H3,(H,30,34)(H,31,33). The molecule has 0 heterocycles. The minimum Gasteiger partial charge on any atom is -0.345 e. The third kappa shape index (κ3) is 8.53. The van der Waals surface area contributed by atoms with Gasteiger partial charge in [0.05, 0.1) is 6.54 Å². The van der Waals surface area contributed by atoms with Gasteiger partial charge in [-0.1, -0.05) is 63.3 Å². The van der Waals surface area contributed by atoms with Crippen LogP contribution in [0.1, 0.15) is 79.8 Å². The predicted octanol–water partition coefficient (Wildman–Crippen LogP) is 5.26. The fraction of sp³-hybridized carbons (Fsp3) is 0.483. The van der Waals surface area contributed by atoms with Crippen LogP contribution in [0.3, 0.4) is 0 Å². The summed E-state index contributed by atoms with van der Waals surface area (Å²) in [5.74, 6) is -0.728. The van der Waals surface area contributed by atoms with Gasteiger partial charge in [0.15, 0.2) is 0 Å². The molecule has 188 valence electrons. The Morgan fingerprint density at radius 1 is 0.943 bits per heavy atom. The van der Waals surface area contributed by atoms with E-state index in [0.717, 1.165) is 50.5 Å². The first kappa shape index (κ1) is 26.5. The lowest BCUT2D eigenvalue weighted by Crippen LogP contribution is -2.48. The number of unbranched alkanes of at least 4 members (excludes halogenated alkanes) is 2. The van der Waals surface area contributed by atoms with Crippen LogP contribution in [0.15, 0.2) is 48.5 Å². The Bertz CT molecular complexity index is 981.